The van der Waals surface area contributed by atoms with Gasteiger partial charge < -0.3 is 5.73 Å². The van der Waals surface area contributed by atoms with Crippen LogP contribution in [0.15, 0.2) is 24.3 Å². The van der Waals surface area contributed by atoms with Crippen LogP contribution in [0.25, 0.3) is 0 Å². The Morgan fingerprint density at radius 3 is 2.93 bits per heavy atom. The maximum absolute atomic E-state index is 12.4. The zero-order valence-electron chi connectivity index (χ0n) is 8.82. The van der Waals surface area contributed by atoms with E-state index in [1.165, 1.54) is 11.1 Å². The van der Waals surface area contributed by atoms with Crippen molar-refractivity contribution in [2.75, 3.05) is 26.3 Å². The second-order valence-electron chi connectivity index (χ2n) is 3.93. The summed E-state index contributed by atoms with van der Waals surface area (Å²) in [4.78, 5) is 2.14. The van der Waals surface area contributed by atoms with Crippen LogP contribution in [-0.2, 0) is 6.42 Å². The van der Waals surface area contributed by atoms with Gasteiger partial charge in [0.1, 0.15) is 6.67 Å². The van der Waals surface area contributed by atoms with E-state index in [-0.39, 0.29) is 12.7 Å². The molecule has 2 rings (SSSR count). The first-order valence-corrected chi connectivity index (χ1v) is 5.44. The van der Waals surface area contributed by atoms with Gasteiger partial charge in [0.2, 0.25) is 0 Å². The van der Waals surface area contributed by atoms with Crippen LogP contribution in [0.1, 0.15) is 17.2 Å². The van der Waals surface area contributed by atoms with Gasteiger partial charge in [-0.1, -0.05) is 24.3 Å². The molecule has 0 saturated carbocycles. The van der Waals surface area contributed by atoms with Gasteiger partial charge in [0.05, 0.1) is 0 Å². The number of benzene rings is 1. The molecule has 0 bridgehead atoms. The van der Waals surface area contributed by atoms with Crippen LogP contribution in [0.5, 0.6) is 0 Å². The van der Waals surface area contributed by atoms with Crippen molar-refractivity contribution < 1.29 is 4.39 Å². The average molecular weight is 208 g/mol. The van der Waals surface area contributed by atoms with Crippen molar-refractivity contribution in [2.45, 2.75) is 12.5 Å². The maximum Gasteiger partial charge on any atom is 0.102 e. The molecule has 1 aliphatic rings. The first-order chi connectivity index (χ1) is 7.36. The molecule has 0 spiro atoms. The van der Waals surface area contributed by atoms with Gasteiger partial charge in [-0.25, -0.2) is 4.39 Å². The Labute approximate surface area is 89.9 Å². The molecule has 0 aliphatic carbocycles. The topological polar surface area (TPSA) is 29.3 Å². The summed E-state index contributed by atoms with van der Waals surface area (Å²) in [6.45, 7) is 1.69. The number of hydrogen-bond donors (Lipinski definition) is 1. The van der Waals surface area contributed by atoms with Gasteiger partial charge in [0.25, 0.3) is 0 Å². The highest BCUT2D eigenvalue weighted by molar-refractivity contribution is 5.32. The molecule has 0 amide bonds. The molecule has 1 atom stereocenters. The molecular weight excluding hydrogens is 191 g/mol. The van der Waals surface area contributed by atoms with Crippen molar-refractivity contribution in [3.05, 3.63) is 35.4 Å². The number of hydrogen-bond acceptors (Lipinski definition) is 2. The van der Waals surface area contributed by atoms with E-state index in [4.69, 9.17) is 5.73 Å². The van der Waals surface area contributed by atoms with Crippen molar-refractivity contribution in [3.8, 4) is 0 Å². The number of rotatable bonds is 3. The fraction of sp³-hybridized carbons (Fsp3) is 0.500. The molecule has 82 valence electrons. The van der Waals surface area contributed by atoms with Gasteiger partial charge in [-0.3, -0.25) is 4.90 Å². The van der Waals surface area contributed by atoms with Crippen LogP contribution in [0.4, 0.5) is 4.39 Å². The highest BCUT2D eigenvalue weighted by Gasteiger charge is 2.25. The minimum absolute atomic E-state index is 0.200. The van der Waals surface area contributed by atoms with Gasteiger partial charge in [-0.15, -0.1) is 0 Å². The van der Waals surface area contributed by atoms with Crippen LogP contribution < -0.4 is 5.73 Å². The summed E-state index contributed by atoms with van der Waals surface area (Å²) in [5.41, 5.74) is 8.42. The lowest BCUT2D eigenvalue weighted by atomic mass is 9.93. The highest BCUT2D eigenvalue weighted by atomic mass is 19.1. The summed E-state index contributed by atoms with van der Waals surface area (Å²) in [7, 11) is 0. The molecule has 2 nitrogen and oxygen atoms in total. The second kappa shape index (κ2) is 4.73. The quantitative estimate of drug-likeness (QED) is 0.816. The molecule has 0 fully saturated rings. The van der Waals surface area contributed by atoms with Gasteiger partial charge in [0, 0.05) is 25.7 Å². The van der Waals surface area contributed by atoms with E-state index in [0.717, 1.165) is 13.0 Å². The van der Waals surface area contributed by atoms with Crippen molar-refractivity contribution in [1.82, 2.24) is 4.90 Å². The third-order valence-electron chi connectivity index (χ3n) is 3.12. The molecule has 1 aromatic rings. The van der Waals surface area contributed by atoms with Crippen LogP contribution in [-0.4, -0.2) is 31.2 Å². The summed E-state index contributed by atoms with van der Waals surface area (Å²) < 4.78 is 12.4. The Morgan fingerprint density at radius 1 is 1.40 bits per heavy atom. The van der Waals surface area contributed by atoms with Gasteiger partial charge in [0.15, 0.2) is 0 Å². The third-order valence-corrected chi connectivity index (χ3v) is 3.12. The zero-order chi connectivity index (χ0) is 10.7. The summed E-state index contributed by atoms with van der Waals surface area (Å²) in [6.07, 6.45) is 1.01. The second-order valence-corrected chi connectivity index (χ2v) is 3.93. The number of nitrogens with two attached hydrogens (primary N) is 1. The van der Waals surface area contributed by atoms with Crippen LogP contribution in [0, 0.1) is 0 Å². The van der Waals surface area contributed by atoms with Crippen LogP contribution in [0.3, 0.4) is 0 Å². The molecule has 3 heteroatoms. The predicted molar refractivity (Wildman–Crippen MR) is 59.5 cm³/mol. The molecular formula is C12H17FN2. The maximum atomic E-state index is 12.4. The Balaban J connectivity index is 2.26. The minimum Gasteiger partial charge on any atom is -0.329 e. The summed E-state index contributed by atoms with van der Waals surface area (Å²) in [5, 5.41) is 0. The van der Waals surface area contributed by atoms with E-state index < -0.39 is 0 Å². The van der Waals surface area contributed by atoms with Crippen molar-refractivity contribution >= 4 is 0 Å². The lowest BCUT2D eigenvalue weighted by Gasteiger charge is -2.36. The lowest BCUT2D eigenvalue weighted by molar-refractivity contribution is 0.175. The van der Waals surface area contributed by atoms with Crippen LogP contribution in [0.2, 0.25) is 0 Å². The molecule has 1 heterocycles. The smallest absolute Gasteiger partial charge is 0.102 e. The van der Waals surface area contributed by atoms with E-state index in [2.05, 4.69) is 23.1 Å². The molecule has 0 radical (unpaired) electrons. The zero-order valence-corrected chi connectivity index (χ0v) is 8.82. The molecule has 0 aromatic heterocycles. The number of nitrogens with zero attached hydrogens (tertiary/aromatic N) is 1. The highest BCUT2D eigenvalue weighted by Crippen LogP contribution is 2.28. The first kappa shape index (κ1) is 10.6. The van der Waals surface area contributed by atoms with Gasteiger partial charge >= 0.3 is 0 Å². The Bertz CT molecular complexity index is 327. The van der Waals surface area contributed by atoms with E-state index in [9.17, 15) is 4.39 Å². The summed E-state index contributed by atoms with van der Waals surface area (Å²) in [5.74, 6) is 0. The molecule has 1 aromatic carbocycles. The molecule has 1 unspecified atom stereocenters. The minimum atomic E-state index is -0.293. The predicted octanol–water partition coefficient (Wildman–Crippen LogP) is 1.51. The molecule has 2 N–H and O–H groups in total. The number of halogens is 1. The number of fused-ring (bicyclic) bond motifs is 1. The standard InChI is InChI=1S/C12H17FN2/c13-6-8-15-7-5-10-3-1-2-4-11(10)12(15)9-14/h1-4,12H,5-9,14H2. The largest absolute Gasteiger partial charge is 0.329 e. The van der Waals surface area contributed by atoms with E-state index in [1.807, 2.05) is 6.07 Å². The normalized spacial score (nSPS) is 21.3. The van der Waals surface area contributed by atoms with E-state index in [1.54, 1.807) is 0 Å². The van der Waals surface area contributed by atoms with Crippen molar-refractivity contribution in [2.24, 2.45) is 5.73 Å². The Hall–Kier alpha value is -0.930. The van der Waals surface area contributed by atoms with Crippen LogP contribution >= 0.6 is 0 Å². The monoisotopic (exact) mass is 208 g/mol. The molecule has 15 heavy (non-hydrogen) atoms. The fourth-order valence-electron chi connectivity index (χ4n) is 2.36. The van der Waals surface area contributed by atoms with E-state index in [0.29, 0.717) is 13.1 Å². The average Bonchev–Trinajstić information content (AvgIpc) is 2.29. The Kier molecular flexibility index (Phi) is 3.34. The first-order valence-electron chi connectivity index (χ1n) is 5.44. The van der Waals surface area contributed by atoms with Crippen molar-refractivity contribution in [3.63, 3.8) is 0 Å². The summed E-state index contributed by atoms with van der Waals surface area (Å²) >= 11 is 0. The Morgan fingerprint density at radius 2 is 2.20 bits per heavy atom. The lowest BCUT2D eigenvalue weighted by Crippen LogP contribution is -2.40. The number of alkyl halides is 1. The SMILES string of the molecule is NCC1c2ccccc2CCN1CCF. The van der Waals surface area contributed by atoms with E-state index >= 15 is 0 Å². The molecule has 0 saturated heterocycles. The van der Waals surface area contributed by atoms with Gasteiger partial charge in [-0.05, 0) is 17.5 Å². The van der Waals surface area contributed by atoms with Crippen molar-refractivity contribution in [1.29, 1.82) is 0 Å². The molecule has 1 aliphatic heterocycles. The third kappa shape index (κ3) is 2.03. The van der Waals surface area contributed by atoms with Gasteiger partial charge in [-0.2, -0.15) is 0 Å². The summed E-state index contributed by atoms with van der Waals surface area (Å²) in [6, 6.07) is 8.53. The fourth-order valence-corrected chi connectivity index (χ4v) is 2.36.